The van der Waals surface area contributed by atoms with Gasteiger partial charge in [-0.2, -0.15) is 0 Å². The van der Waals surface area contributed by atoms with Crippen LogP contribution in [0.4, 0.5) is 0 Å². The van der Waals surface area contributed by atoms with Gasteiger partial charge in [-0.25, -0.2) is 4.79 Å². The lowest BCUT2D eigenvalue weighted by Gasteiger charge is -2.23. The van der Waals surface area contributed by atoms with Gasteiger partial charge in [0.1, 0.15) is 6.54 Å². The van der Waals surface area contributed by atoms with Crippen molar-refractivity contribution in [3.63, 3.8) is 0 Å². The molecule has 0 aliphatic carbocycles. The Morgan fingerprint density at radius 1 is 1.05 bits per heavy atom. The molecule has 112 valence electrons. The molecule has 0 amide bonds. The van der Waals surface area contributed by atoms with Crippen LogP contribution in [0.3, 0.4) is 0 Å². The van der Waals surface area contributed by atoms with Gasteiger partial charge in [-0.05, 0) is 18.2 Å². The first-order valence-corrected chi connectivity index (χ1v) is 6.99. The van der Waals surface area contributed by atoms with Gasteiger partial charge in [0.25, 0.3) is 0 Å². The number of quaternary nitrogens is 1. The van der Waals surface area contributed by atoms with Crippen LogP contribution in [0.15, 0.2) is 54.6 Å². The highest BCUT2D eigenvalue weighted by atomic mass is 35.5. The lowest BCUT2D eigenvalue weighted by molar-refractivity contribution is -0.884. The van der Waals surface area contributed by atoms with E-state index in [0.29, 0.717) is 5.02 Å². The first-order valence-electron chi connectivity index (χ1n) is 6.61. The van der Waals surface area contributed by atoms with Crippen LogP contribution >= 0.6 is 11.6 Å². The second kappa shape index (κ2) is 7.81. The maximum Gasteiger partial charge on any atom is 0.335 e. The molecule has 0 bridgehead atoms. The number of halogens is 1. The summed E-state index contributed by atoms with van der Waals surface area (Å²) >= 11 is 5.53. The maximum atomic E-state index is 10.3. The van der Waals surface area contributed by atoms with Crippen molar-refractivity contribution >= 4 is 17.6 Å². The minimum atomic E-state index is -0.956. The van der Waals surface area contributed by atoms with Gasteiger partial charge in [0.15, 0.2) is 0 Å². The van der Waals surface area contributed by atoms with E-state index < -0.39 is 5.97 Å². The summed E-state index contributed by atoms with van der Waals surface area (Å²) in [6.45, 7) is 1.10. The van der Waals surface area contributed by atoms with Crippen molar-refractivity contribution in [1.82, 2.24) is 0 Å². The van der Waals surface area contributed by atoms with Gasteiger partial charge in [-0.3, -0.25) is 0 Å². The van der Waals surface area contributed by atoms with Crippen LogP contribution in [0.5, 0.6) is 0 Å². The fourth-order valence-electron chi connectivity index (χ4n) is 1.75. The third kappa shape index (κ3) is 7.49. The fourth-order valence-corrected chi connectivity index (χ4v) is 1.94. The van der Waals surface area contributed by atoms with Gasteiger partial charge in [0, 0.05) is 10.6 Å². The number of carbonyl (C=O) groups is 1. The second-order valence-electron chi connectivity index (χ2n) is 5.75. The first-order chi connectivity index (χ1) is 9.78. The van der Waals surface area contributed by atoms with E-state index in [-0.39, 0.29) is 5.56 Å². The standard InChI is InChI=1S/C10H16N.C7H5ClO2/c1-11(2,3)9-10-7-5-4-6-8-10;8-6-3-1-2-5(4-6)7(9)10/h4-8H,9H2,1-3H3;1-4H,(H,9,10)/q+1;. The Kier molecular flexibility index (Phi) is 6.40. The number of benzene rings is 2. The van der Waals surface area contributed by atoms with Crippen LogP contribution in [0.1, 0.15) is 15.9 Å². The number of rotatable bonds is 3. The first kappa shape index (κ1) is 17.2. The zero-order chi connectivity index (χ0) is 15.9. The Morgan fingerprint density at radius 3 is 2.10 bits per heavy atom. The quantitative estimate of drug-likeness (QED) is 0.872. The van der Waals surface area contributed by atoms with Crippen molar-refractivity contribution in [2.45, 2.75) is 6.54 Å². The van der Waals surface area contributed by atoms with Crippen LogP contribution < -0.4 is 0 Å². The summed E-state index contributed by atoms with van der Waals surface area (Å²) in [5, 5.41) is 8.89. The number of carboxylic acids is 1. The summed E-state index contributed by atoms with van der Waals surface area (Å²) in [7, 11) is 6.60. The summed E-state index contributed by atoms with van der Waals surface area (Å²) < 4.78 is 0.990. The molecule has 0 spiro atoms. The zero-order valence-corrected chi connectivity index (χ0v) is 13.3. The average molecular weight is 307 g/mol. The molecule has 2 rings (SSSR count). The molecule has 0 radical (unpaired) electrons. The average Bonchev–Trinajstić information content (AvgIpc) is 2.38. The minimum Gasteiger partial charge on any atom is -0.478 e. The highest BCUT2D eigenvalue weighted by molar-refractivity contribution is 6.30. The van der Waals surface area contributed by atoms with Crippen LogP contribution in [0.2, 0.25) is 5.02 Å². The Balaban J connectivity index is 0.000000211. The van der Waals surface area contributed by atoms with Gasteiger partial charge in [0.05, 0.1) is 26.7 Å². The van der Waals surface area contributed by atoms with E-state index in [1.54, 1.807) is 12.1 Å². The molecule has 2 aromatic carbocycles. The predicted molar refractivity (Wildman–Crippen MR) is 86.6 cm³/mol. The SMILES string of the molecule is C[N+](C)(C)Cc1ccccc1.O=C(O)c1cccc(Cl)c1. The molecule has 0 aromatic heterocycles. The molecule has 0 heterocycles. The molecule has 0 aliphatic rings. The van der Waals surface area contributed by atoms with Crippen molar-refractivity contribution in [2.24, 2.45) is 0 Å². The highest BCUT2D eigenvalue weighted by Gasteiger charge is 2.06. The second-order valence-corrected chi connectivity index (χ2v) is 6.19. The summed E-state index contributed by atoms with van der Waals surface area (Å²) in [5.74, 6) is -0.956. The fraction of sp³-hybridized carbons (Fsp3) is 0.235. The third-order valence-corrected chi connectivity index (χ3v) is 2.81. The molecular formula is C17H21ClNO2+. The van der Waals surface area contributed by atoms with Crippen molar-refractivity contribution in [3.8, 4) is 0 Å². The lowest BCUT2D eigenvalue weighted by Crippen LogP contribution is -2.33. The summed E-state index contributed by atoms with van der Waals surface area (Å²) in [4.78, 5) is 10.3. The van der Waals surface area contributed by atoms with Crippen LogP contribution in [-0.4, -0.2) is 36.7 Å². The smallest absolute Gasteiger partial charge is 0.335 e. The van der Waals surface area contributed by atoms with E-state index in [9.17, 15) is 4.79 Å². The van der Waals surface area contributed by atoms with Crippen LogP contribution in [0.25, 0.3) is 0 Å². The molecule has 21 heavy (non-hydrogen) atoms. The molecule has 2 aromatic rings. The van der Waals surface area contributed by atoms with E-state index in [0.717, 1.165) is 11.0 Å². The number of hydrogen-bond acceptors (Lipinski definition) is 1. The molecule has 0 atom stereocenters. The van der Waals surface area contributed by atoms with Gasteiger partial charge in [-0.1, -0.05) is 48.0 Å². The van der Waals surface area contributed by atoms with E-state index in [1.807, 2.05) is 0 Å². The van der Waals surface area contributed by atoms with Gasteiger partial charge < -0.3 is 9.59 Å². The minimum absolute atomic E-state index is 0.215. The maximum absolute atomic E-state index is 10.3. The highest BCUT2D eigenvalue weighted by Crippen LogP contribution is 2.09. The van der Waals surface area contributed by atoms with Crippen molar-refractivity contribution in [1.29, 1.82) is 0 Å². The number of carboxylic acid groups (broad SMARTS) is 1. The van der Waals surface area contributed by atoms with Crippen LogP contribution in [-0.2, 0) is 6.54 Å². The van der Waals surface area contributed by atoms with Gasteiger partial charge >= 0.3 is 5.97 Å². The van der Waals surface area contributed by atoms with Crippen LogP contribution in [0, 0.1) is 0 Å². The molecule has 0 aliphatic heterocycles. The summed E-state index contributed by atoms with van der Waals surface area (Å²) in [6.07, 6.45) is 0. The molecule has 0 unspecified atom stereocenters. The van der Waals surface area contributed by atoms with Gasteiger partial charge in [0.2, 0.25) is 0 Å². The van der Waals surface area contributed by atoms with Crippen molar-refractivity contribution in [2.75, 3.05) is 21.1 Å². The monoisotopic (exact) mass is 306 g/mol. The Hall–Kier alpha value is -1.84. The Morgan fingerprint density at radius 2 is 1.67 bits per heavy atom. The molecular weight excluding hydrogens is 286 g/mol. The number of nitrogens with zero attached hydrogens (tertiary/aromatic N) is 1. The van der Waals surface area contributed by atoms with E-state index in [4.69, 9.17) is 16.7 Å². The van der Waals surface area contributed by atoms with E-state index in [2.05, 4.69) is 51.5 Å². The van der Waals surface area contributed by atoms with E-state index >= 15 is 0 Å². The molecule has 4 heteroatoms. The number of aromatic carboxylic acids is 1. The molecule has 1 N–H and O–H groups in total. The predicted octanol–water partition coefficient (Wildman–Crippen LogP) is 3.93. The Bertz CT molecular complexity index is 577. The van der Waals surface area contributed by atoms with E-state index in [1.165, 1.54) is 17.7 Å². The summed E-state index contributed by atoms with van der Waals surface area (Å²) in [5.41, 5.74) is 1.62. The lowest BCUT2D eigenvalue weighted by atomic mass is 10.2. The van der Waals surface area contributed by atoms with Crippen molar-refractivity contribution in [3.05, 3.63) is 70.7 Å². The Labute approximate surface area is 131 Å². The number of hydrogen-bond donors (Lipinski definition) is 1. The van der Waals surface area contributed by atoms with Gasteiger partial charge in [-0.15, -0.1) is 0 Å². The largest absolute Gasteiger partial charge is 0.478 e. The molecule has 3 nitrogen and oxygen atoms in total. The molecule has 0 saturated carbocycles. The van der Waals surface area contributed by atoms with Crippen molar-refractivity contribution < 1.29 is 14.4 Å². The summed E-state index contributed by atoms with van der Waals surface area (Å²) in [6, 6.07) is 16.7. The normalized spacial score (nSPS) is 10.5. The topological polar surface area (TPSA) is 37.3 Å². The molecule has 0 saturated heterocycles. The zero-order valence-electron chi connectivity index (χ0n) is 12.6. The molecule has 0 fully saturated rings. The third-order valence-electron chi connectivity index (χ3n) is 2.57.